The summed E-state index contributed by atoms with van der Waals surface area (Å²) in [6.45, 7) is 3.62. The average molecular weight is 213 g/mol. The van der Waals surface area contributed by atoms with Crippen molar-refractivity contribution in [3.05, 3.63) is 0 Å². The van der Waals surface area contributed by atoms with Crippen molar-refractivity contribution < 1.29 is 14.4 Å². The number of hydroxylamine groups is 2. The van der Waals surface area contributed by atoms with Crippen molar-refractivity contribution in [2.75, 3.05) is 19.8 Å². The number of amides is 1. The van der Waals surface area contributed by atoms with Crippen molar-refractivity contribution in [1.29, 1.82) is 0 Å². The molecule has 2 rings (SSSR count). The summed E-state index contributed by atoms with van der Waals surface area (Å²) in [4.78, 5) is 16.9. The standard InChI is InChI=1S/C11H19NO3/c1-2-14-11(13)12-7-9-5-3-4-6-10(9)8-15-12/h9-10H,2-8H2,1H3/t9-,10+/m1/s1. The Balaban J connectivity index is 1.87. The van der Waals surface area contributed by atoms with Crippen molar-refractivity contribution in [3.63, 3.8) is 0 Å². The smallest absolute Gasteiger partial charge is 0.433 e. The van der Waals surface area contributed by atoms with Gasteiger partial charge in [0.1, 0.15) is 0 Å². The second-order valence-corrected chi connectivity index (χ2v) is 4.36. The third-order valence-electron chi connectivity index (χ3n) is 3.38. The van der Waals surface area contributed by atoms with Crippen LogP contribution in [-0.2, 0) is 9.57 Å². The van der Waals surface area contributed by atoms with Crippen LogP contribution in [0.4, 0.5) is 4.79 Å². The quantitative estimate of drug-likeness (QED) is 0.670. The molecule has 1 saturated heterocycles. The maximum absolute atomic E-state index is 11.5. The van der Waals surface area contributed by atoms with E-state index in [1.807, 2.05) is 6.92 Å². The molecule has 4 nitrogen and oxygen atoms in total. The number of carbonyl (C=O) groups is 1. The second kappa shape index (κ2) is 4.84. The van der Waals surface area contributed by atoms with Crippen molar-refractivity contribution in [2.45, 2.75) is 32.6 Å². The van der Waals surface area contributed by atoms with E-state index in [2.05, 4.69) is 0 Å². The summed E-state index contributed by atoms with van der Waals surface area (Å²) in [7, 11) is 0. The van der Waals surface area contributed by atoms with E-state index in [0.717, 1.165) is 0 Å². The zero-order chi connectivity index (χ0) is 10.7. The van der Waals surface area contributed by atoms with Gasteiger partial charge in [0.2, 0.25) is 0 Å². The van der Waals surface area contributed by atoms with Crippen LogP contribution in [0.15, 0.2) is 0 Å². The zero-order valence-corrected chi connectivity index (χ0v) is 9.28. The van der Waals surface area contributed by atoms with Gasteiger partial charge in [0.05, 0.1) is 19.8 Å². The SMILES string of the molecule is CCOC(=O)N1C[C@H]2CCCC[C@H]2CO1. The lowest BCUT2D eigenvalue weighted by Crippen LogP contribution is -2.46. The number of hydrogen-bond acceptors (Lipinski definition) is 3. The summed E-state index contributed by atoms with van der Waals surface area (Å²) in [5, 5.41) is 1.40. The van der Waals surface area contributed by atoms with E-state index in [1.165, 1.54) is 30.7 Å². The Bertz CT molecular complexity index is 232. The second-order valence-electron chi connectivity index (χ2n) is 4.36. The fourth-order valence-electron chi connectivity index (χ4n) is 2.52. The van der Waals surface area contributed by atoms with E-state index < -0.39 is 0 Å². The van der Waals surface area contributed by atoms with Gasteiger partial charge in [-0.1, -0.05) is 12.8 Å². The molecule has 1 amide bonds. The highest BCUT2D eigenvalue weighted by atomic mass is 16.7. The van der Waals surface area contributed by atoms with Crippen LogP contribution in [0.25, 0.3) is 0 Å². The number of fused-ring (bicyclic) bond motifs is 1. The Morgan fingerprint density at radius 3 is 2.87 bits per heavy atom. The maximum Gasteiger partial charge on any atom is 0.433 e. The normalized spacial score (nSPS) is 30.9. The number of ether oxygens (including phenoxy) is 1. The Labute approximate surface area is 90.5 Å². The predicted octanol–water partition coefficient (Wildman–Crippen LogP) is 2.20. The van der Waals surface area contributed by atoms with Gasteiger partial charge in [-0.2, -0.15) is 5.06 Å². The number of nitrogens with zero attached hydrogens (tertiary/aromatic N) is 1. The lowest BCUT2D eigenvalue weighted by atomic mass is 9.79. The summed E-state index contributed by atoms with van der Waals surface area (Å²) in [6.07, 6.45) is 4.74. The van der Waals surface area contributed by atoms with E-state index in [9.17, 15) is 4.79 Å². The summed E-state index contributed by atoms with van der Waals surface area (Å²) < 4.78 is 4.92. The third kappa shape index (κ3) is 2.43. The molecule has 1 aliphatic carbocycles. The molecule has 0 spiro atoms. The van der Waals surface area contributed by atoms with Gasteiger partial charge in [0.25, 0.3) is 0 Å². The lowest BCUT2D eigenvalue weighted by Gasteiger charge is -2.39. The van der Waals surface area contributed by atoms with Gasteiger partial charge in [0.15, 0.2) is 0 Å². The minimum Gasteiger partial charge on any atom is -0.448 e. The molecular weight excluding hydrogens is 194 g/mol. The van der Waals surface area contributed by atoms with Crippen LogP contribution in [-0.4, -0.2) is 30.9 Å². The van der Waals surface area contributed by atoms with Crippen molar-refractivity contribution >= 4 is 6.09 Å². The van der Waals surface area contributed by atoms with Crippen LogP contribution in [0.2, 0.25) is 0 Å². The molecule has 1 heterocycles. The zero-order valence-electron chi connectivity index (χ0n) is 9.28. The van der Waals surface area contributed by atoms with Crippen LogP contribution in [0.5, 0.6) is 0 Å². The molecule has 1 saturated carbocycles. The van der Waals surface area contributed by atoms with Crippen molar-refractivity contribution in [3.8, 4) is 0 Å². The molecule has 4 heteroatoms. The van der Waals surface area contributed by atoms with Crippen LogP contribution >= 0.6 is 0 Å². The molecule has 0 unspecified atom stereocenters. The van der Waals surface area contributed by atoms with E-state index in [0.29, 0.717) is 31.6 Å². The molecule has 0 radical (unpaired) electrons. The molecule has 2 aliphatic rings. The van der Waals surface area contributed by atoms with Gasteiger partial charge in [-0.05, 0) is 31.6 Å². The van der Waals surface area contributed by atoms with Crippen LogP contribution in [0.3, 0.4) is 0 Å². The average Bonchev–Trinajstić information content (AvgIpc) is 2.29. The number of carbonyl (C=O) groups excluding carboxylic acids is 1. The van der Waals surface area contributed by atoms with Crippen molar-refractivity contribution in [2.24, 2.45) is 11.8 Å². The van der Waals surface area contributed by atoms with Crippen LogP contribution < -0.4 is 0 Å². The molecular formula is C11H19NO3. The number of rotatable bonds is 1. The minimum absolute atomic E-state index is 0.332. The molecule has 0 N–H and O–H groups in total. The van der Waals surface area contributed by atoms with Gasteiger partial charge in [-0.3, -0.25) is 4.84 Å². The minimum atomic E-state index is -0.332. The van der Waals surface area contributed by atoms with E-state index in [1.54, 1.807) is 0 Å². The fourth-order valence-corrected chi connectivity index (χ4v) is 2.52. The highest BCUT2D eigenvalue weighted by Gasteiger charge is 2.34. The first kappa shape index (κ1) is 10.7. The van der Waals surface area contributed by atoms with Gasteiger partial charge in [-0.15, -0.1) is 0 Å². The summed E-state index contributed by atoms with van der Waals surface area (Å²) in [5.74, 6) is 1.28. The monoisotopic (exact) mass is 213 g/mol. The molecule has 0 aromatic carbocycles. The highest BCUT2D eigenvalue weighted by Crippen LogP contribution is 2.34. The first-order chi connectivity index (χ1) is 7.31. The molecule has 0 aromatic rings. The largest absolute Gasteiger partial charge is 0.448 e. The molecule has 2 fully saturated rings. The van der Waals surface area contributed by atoms with Gasteiger partial charge in [-0.25, -0.2) is 4.79 Å². The molecule has 2 atom stereocenters. The summed E-state index contributed by atoms with van der Waals surface area (Å²) >= 11 is 0. The molecule has 0 bridgehead atoms. The van der Waals surface area contributed by atoms with Gasteiger partial charge >= 0.3 is 6.09 Å². The summed E-state index contributed by atoms with van der Waals surface area (Å²) in [5.41, 5.74) is 0. The fraction of sp³-hybridized carbons (Fsp3) is 0.909. The van der Waals surface area contributed by atoms with Gasteiger partial charge in [0, 0.05) is 0 Å². The Morgan fingerprint density at radius 1 is 1.40 bits per heavy atom. The van der Waals surface area contributed by atoms with Gasteiger partial charge < -0.3 is 4.74 Å². The molecule has 86 valence electrons. The Kier molecular flexibility index (Phi) is 3.46. The molecule has 15 heavy (non-hydrogen) atoms. The topological polar surface area (TPSA) is 38.8 Å². The maximum atomic E-state index is 11.5. The Morgan fingerprint density at radius 2 is 2.13 bits per heavy atom. The van der Waals surface area contributed by atoms with E-state index >= 15 is 0 Å². The molecule has 0 aromatic heterocycles. The van der Waals surface area contributed by atoms with Crippen LogP contribution in [0, 0.1) is 11.8 Å². The number of hydrogen-bond donors (Lipinski definition) is 0. The first-order valence-corrected chi connectivity index (χ1v) is 5.88. The molecule has 1 aliphatic heterocycles. The van der Waals surface area contributed by atoms with Crippen molar-refractivity contribution in [1.82, 2.24) is 5.06 Å². The third-order valence-corrected chi connectivity index (χ3v) is 3.38. The summed E-state index contributed by atoms with van der Waals surface area (Å²) in [6, 6.07) is 0. The predicted molar refractivity (Wildman–Crippen MR) is 55.1 cm³/mol. The van der Waals surface area contributed by atoms with E-state index in [-0.39, 0.29) is 6.09 Å². The Hall–Kier alpha value is -0.770. The van der Waals surface area contributed by atoms with Crippen LogP contribution in [0.1, 0.15) is 32.6 Å². The first-order valence-electron chi connectivity index (χ1n) is 5.88. The lowest BCUT2D eigenvalue weighted by molar-refractivity contribution is -0.195. The highest BCUT2D eigenvalue weighted by molar-refractivity contribution is 5.66. The van der Waals surface area contributed by atoms with E-state index in [4.69, 9.17) is 9.57 Å².